The Labute approximate surface area is 395 Å². The fourth-order valence-corrected chi connectivity index (χ4v) is 4.92. The molecule has 25 heteroatoms. The minimum atomic E-state index is -0.833. The molecule has 0 fully saturated rings. The Kier molecular flexibility index (Phi) is 24.3. The molecule has 0 aliphatic carbocycles. The number of ether oxygens (including phenoxy) is 2. The van der Waals surface area contributed by atoms with Crippen molar-refractivity contribution in [2.75, 3.05) is 13.2 Å². The van der Waals surface area contributed by atoms with E-state index in [1.165, 1.54) is 50.2 Å². The molecule has 68 heavy (non-hydrogen) atoms. The normalized spacial score (nSPS) is 11.7. The van der Waals surface area contributed by atoms with E-state index in [0.717, 1.165) is 23.8 Å². The van der Waals surface area contributed by atoms with Crippen molar-refractivity contribution in [3.05, 3.63) is 102 Å². The van der Waals surface area contributed by atoms with Gasteiger partial charge in [-0.15, -0.1) is 12.4 Å². The van der Waals surface area contributed by atoms with Crippen LogP contribution < -0.4 is 33.0 Å². The zero-order chi connectivity index (χ0) is 50.4. The monoisotopic (exact) mass is 970 g/mol. The molecule has 24 nitrogen and oxygen atoms in total. The number of aromatic nitrogens is 4. The number of benzene rings is 3. The van der Waals surface area contributed by atoms with Gasteiger partial charge in [-0.25, -0.2) is 15.6 Å². The van der Waals surface area contributed by atoms with Crippen LogP contribution in [0.2, 0.25) is 0 Å². The number of rotatable bonds is 13. The van der Waals surface area contributed by atoms with Crippen molar-refractivity contribution in [3.8, 4) is 45.9 Å². The van der Waals surface area contributed by atoms with Gasteiger partial charge in [-0.05, 0) is 90.1 Å². The van der Waals surface area contributed by atoms with Crippen LogP contribution >= 0.6 is 12.4 Å². The van der Waals surface area contributed by atoms with E-state index in [-0.39, 0.29) is 76.2 Å². The number of phenolic OH excluding ortho intramolecular Hbond substituents is 6. The SMILES string of the molecule is CC(NC(=O)c1ccc(O)cc1O)C(=O)NN.CC(NC(=O)c1ccc(O)cc1O)c1nc(-c2ccncc2)n[nH]1.CCOC(=O)C(C)N.CCOC(=O)C(C)NC(=O)c1ccc(O)cc1O.Cl. The van der Waals surface area contributed by atoms with Crippen molar-refractivity contribution in [3.63, 3.8) is 0 Å². The molecule has 5 aromatic rings. The molecule has 4 unspecified atom stereocenters. The highest BCUT2D eigenvalue weighted by Crippen LogP contribution is 2.25. The lowest BCUT2D eigenvalue weighted by Crippen LogP contribution is -2.47. The number of aromatic hydroxyl groups is 6. The molecule has 368 valence electrons. The van der Waals surface area contributed by atoms with Gasteiger partial charge in [-0.2, -0.15) is 5.10 Å². The van der Waals surface area contributed by atoms with Crippen LogP contribution in [0.4, 0.5) is 0 Å². The lowest BCUT2D eigenvalue weighted by Gasteiger charge is -2.13. The number of pyridine rings is 1. The largest absolute Gasteiger partial charge is 0.508 e. The number of esters is 2. The summed E-state index contributed by atoms with van der Waals surface area (Å²) >= 11 is 0. The summed E-state index contributed by atoms with van der Waals surface area (Å²) in [6.07, 6.45) is 3.29. The molecule has 3 aromatic carbocycles. The van der Waals surface area contributed by atoms with Gasteiger partial charge in [0, 0.05) is 36.2 Å². The average Bonchev–Trinajstić information content (AvgIpc) is 3.78. The second kappa shape index (κ2) is 28.6. The number of hydrazine groups is 1. The molecule has 15 N–H and O–H groups in total. The second-order valence-electron chi connectivity index (χ2n) is 13.8. The Morgan fingerprint density at radius 3 is 1.43 bits per heavy atom. The number of nitrogens with two attached hydrogens (primary N) is 2. The Morgan fingerprint density at radius 1 is 0.632 bits per heavy atom. The predicted molar refractivity (Wildman–Crippen MR) is 245 cm³/mol. The maximum absolute atomic E-state index is 12.2. The van der Waals surface area contributed by atoms with Gasteiger partial charge in [-0.1, -0.05) is 0 Å². The fourth-order valence-electron chi connectivity index (χ4n) is 4.92. The molecular formula is C43H55ClN10O14. The minimum Gasteiger partial charge on any atom is -0.508 e. The first kappa shape index (κ1) is 57.8. The zero-order valence-corrected chi connectivity index (χ0v) is 38.4. The predicted octanol–water partition coefficient (Wildman–Crippen LogP) is 2.07. The minimum absolute atomic E-state index is 0. The third kappa shape index (κ3) is 18.7. The lowest BCUT2D eigenvalue weighted by molar-refractivity contribution is -0.145. The highest BCUT2D eigenvalue weighted by atomic mass is 35.5. The van der Waals surface area contributed by atoms with Crippen LogP contribution in [0.15, 0.2) is 79.1 Å². The number of hydrogen-bond donors (Lipinski definition) is 13. The zero-order valence-electron chi connectivity index (χ0n) is 37.6. The van der Waals surface area contributed by atoms with Crippen molar-refractivity contribution in [2.45, 2.75) is 65.7 Å². The molecule has 0 spiro atoms. The second-order valence-corrected chi connectivity index (χ2v) is 13.8. The first-order chi connectivity index (χ1) is 31.6. The van der Waals surface area contributed by atoms with E-state index in [9.17, 15) is 49.2 Å². The molecule has 4 amide bonds. The summed E-state index contributed by atoms with van der Waals surface area (Å²) in [6, 6.07) is 11.9. The molecule has 0 aliphatic rings. The van der Waals surface area contributed by atoms with E-state index < -0.39 is 53.8 Å². The summed E-state index contributed by atoms with van der Waals surface area (Å²) in [5, 5.41) is 70.4. The van der Waals surface area contributed by atoms with Gasteiger partial charge < -0.3 is 61.8 Å². The quantitative estimate of drug-likeness (QED) is 0.0347. The third-order valence-corrected chi connectivity index (χ3v) is 8.41. The highest BCUT2D eigenvalue weighted by Gasteiger charge is 2.21. The molecule has 0 aliphatic heterocycles. The van der Waals surface area contributed by atoms with E-state index in [2.05, 4.69) is 40.9 Å². The van der Waals surface area contributed by atoms with Crippen LogP contribution in [0.1, 0.15) is 84.5 Å². The summed E-state index contributed by atoms with van der Waals surface area (Å²) in [5.74, 6) is 1.24. The Balaban J connectivity index is 0.000000476. The number of nitrogens with zero attached hydrogens (tertiary/aromatic N) is 3. The molecule has 4 atom stereocenters. The molecule has 0 saturated carbocycles. The van der Waals surface area contributed by atoms with Gasteiger partial charge >= 0.3 is 11.9 Å². The molecule has 2 aromatic heterocycles. The Hall–Kier alpha value is -8.22. The summed E-state index contributed by atoms with van der Waals surface area (Å²) < 4.78 is 9.27. The summed E-state index contributed by atoms with van der Waals surface area (Å²) in [7, 11) is 0. The van der Waals surface area contributed by atoms with Gasteiger partial charge in [0.25, 0.3) is 23.6 Å². The summed E-state index contributed by atoms with van der Waals surface area (Å²) in [5.41, 5.74) is 7.84. The van der Waals surface area contributed by atoms with Crippen LogP contribution in [0.5, 0.6) is 34.5 Å². The topological polar surface area (TPSA) is 397 Å². The van der Waals surface area contributed by atoms with Gasteiger partial charge in [-0.3, -0.25) is 39.5 Å². The number of carbonyl (C=O) groups is 6. The number of carbonyl (C=O) groups excluding carboxylic acids is 6. The first-order valence-corrected chi connectivity index (χ1v) is 20.0. The Morgan fingerprint density at radius 2 is 1.04 bits per heavy atom. The molecule has 0 bridgehead atoms. The van der Waals surface area contributed by atoms with Gasteiger partial charge in [0.1, 0.15) is 58.4 Å². The smallest absolute Gasteiger partial charge is 0.328 e. The van der Waals surface area contributed by atoms with Crippen LogP contribution in [-0.4, -0.2) is 118 Å². The third-order valence-electron chi connectivity index (χ3n) is 8.41. The lowest BCUT2D eigenvalue weighted by atomic mass is 10.1. The van der Waals surface area contributed by atoms with E-state index >= 15 is 0 Å². The van der Waals surface area contributed by atoms with E-state index in [0.29, 0.717) is 18.3 Å². The first-order valence-electron chi connectivity index (χ1n) is 20.0. The van der Waals surface area contributed by atoms with E-state index in [1.807, 2.05) is 5.43 Å². The van der Waals surface area contributed by atoms with E-state index in [1.54, 1.807) is 52.2 Å². The molecule has 0 radical (unpaired) electrons. The van der Waals surface area contributed by atoms with Gasteiger partial charge in [0.2, 0.25) is 0 Å². The molecule has 2 heterocycles. The number of amides is 4. The number of nitrogens with one attached hydrogen (secondary N) is 5. The number of H-pyrrole nitrogens is 1. The maximum Gasteiger partial charge on any atom is 0.328 e. The van der Waals surface area contributed by atoms with Crippen molar-refractivity contribution < 1.29 is 68.9 Å². The Bertz CT molecular complexity index is 2460. The number of halogens is 1. The van der Waals surface area contributed by atoms with Gasteiger partial charge in [0.05, 0.1) is 35.9 Å². The molecule has 0 saturated heterocycles. The standard InChI is InChI=1S/C16H15N5O3.C12H15NO5.C10H13N3O4.C5H11NO2.ClH/c1-9(18-16(24)12-3-2-11(22)8-13(12)23)14-19-15(21-20-14)10-4-6-17-7-5-10;1-3-18-12(17)7(2)13-11(16)9-5-4-8(14)6-10(9)15;1-5(9(16)13-11)12-10(17)7-3-2-6(14)4-8(7)15;1-3-8-5(7)4(2)6;/h2-9,22-23H,1H3,(H,18,24)(H,19,20,21);4-7,14-15H,3H2,1-2H3,(H,13,16);2-5,14-15H,11H2,1H3,(H,12,17)(H,13,16);4H,3,6H2,1-2H3;1H. The number of aromatic amines is 1. The van der Waals surface area contributed by atoms with E-state index in [4.69, 9.17) is 26.5 Å². The molecule has 5 rings (SSSR count). The van der Waals surface area contributed by atoms with Crippen molar-refractivity contribution in [2.24, 2.45) is 11.6 Å². The number of phenols is 6. The van der Waals surface area contributed by atoms with Crippen LogP contribution in [-0.2, 0) is 23.9 Å². The van der Waals surface area contributed by atoms with Crippen LogP contribution in [0.25, 0.3) is 11.4 Å². The van der Waals surface area contributed by atoms with Crippen LogP contribution in [0, 0.1) is 0 Å². The fraction of sp³-hybridized carbons (Fsp3) is 0.279. The van der Waals surface area contributed by atoms with Crippen molar-refractivity contribution in [1.29, 1.82) is 0 Å². The number of hydrogen-bond acceptors (Lipinski definition) is 19. The summed E-state index contributed by atoms with van der Waals surface area (Å²) in [6.45, 7) is 10.3. The highest BCUT2D eigenvalue weighted by molar-refractivity contribution is 6.00. The average molecular weight is 971 g/mol. The maximum atomic E-state index is 12.2. The molecular weight excluding hydrogens is 916 g/mol. The van der Waals surface area contributed by atoms with Crippen molar-refractivity contribution in [1.82, 2.24) is 41.5 Å². The van der Waals surface area contributed by atoms with Gasteiger partial charge in [0.15, 0.2) is 5.82 Å². The van der Waals surface area contributed by atoms with Crippen LogP contribution in [0.3, 0.4) is 0 Å². The summed E-state index contributed by atoms with van der Waals surface area (Å²) in [4.78, 5) is 76.6. The van der Waals surface area contributed by atoms with Crippen molar-refractivity contribution >= 4 is 48.0 Å².